The van der Waals surface area contributed by atoms with Crippen molar-refractivity contribution in [2.75, 3.05) is 12.4 Å². The third kappa shape index (κ3) is 4.97. The van der Waals surface area contributed by atoms with Crippen LogP contribution in [0.4, 0.5) is 23.1 Å². The van der Waals surface area contributed by atoms with Crippen molar-refractivity contribution in [2.45, 2.75) is 12.8 Å². The monoisotopic (exact) mass is 409 g/mol. The minimum Gasteiger partial charge on any atom is -0.497 e. The summed E-state index contributed by atoms with van der Waals surface area (Å²) in [6.07, 6.45) is -4.14. The summed E-state index contributed by atoms with van der Waals surface area (Å²) in [5.41, 5.74) is 0.232. The van der Waals surface area contributed by atoms with E-state index in [4.69, 9.17) is 9.47 Å². The third-order valence-corrected chi connectivity index (χ3v) is 4.35. The zero-order valence-electron chi connectivity index (χ0n) is 14.5. The molecule has 0 saturated carbocycles. The molecule has 0 fully saturated rings. The van der Waals surface area contributed by atoms with Crippen LogP contribution in [0.25, 0.3) is 11.4 Å². The molecule has 6 nitrogen and oxygen atoms in total. The van der Waals surface area contributed by atoms with Crippen LogP contribution in [0.15, 0.2) is 48.0 Å². The van der Waals surface area contributed by atoms with Crippen LogP contribution in [-0.2, 0) is 17.5 Å². The van der Waals surface area contributed by atoms with Crippen LogP contribution in [0.3, 0.4) is 0 Å². The minimum absolute atomic E-state index is 0.0449. The quantitative estimate of drug-likeness (QED) is 0.643. The fourth-order valence-electron chi connectivity index (χ4n) is 2.19. The number of methoxy groups -OCH3 is 1. The number of nitrogens with one attached hydrogen (secondary N) is 1. The molecule has 28 heavy (non-hydrogen) atoms. The Kier molecular flexibility index (Phi) is 5.78. The highest BCUT2D eigenvalue weighted by atomic mass is 32.1. The number of rotatable bonds is 5. The normalized spacial score (nSPS) is 11.1. The second-order valence-corrected chi connectivity index (χ2v) is 6.37. The molecule has 10 heteroatoms. The number of pyridine rings is 1. The maximum atomic E-state index is 12.8. The molecule has 0 atom stereocenters. The zero-order chi connectivity index (χ0) is 20.1. The van der Waals surface area contributed by atoms with Crippen LogP contribution in [0.1, 0.15) is 11.1 Å². The highest BCUT2D eigenvalue weighted by Gasteiger charge is 2.31. The Hall–Kier alpha value is -3.14. The van der Waals surface area contributed by atoms with Crippen molar-refractivity contribution in [3.63, 3.8) is 0 Å². The van der Waals surface area contributed by atoms with Gasteiger partial charge in [-0.1, -0.05) is 12.1 Å². The molecule has 0 aliphatic heterocycles. The Balaban J connectivity index is 1.60. The summed E-state index contributed by atoms with van der Waals surface area (Å²) in [7, 11) is 1.55. The molecule has 146 valence electrons. The molecule has 0 spiro atoms. The molecular formula is C18H14F3N3O3S. The van der Waals surface area contributed by atoms with E-state index in [0.29, 0.717) is 5.75 Å². The summed E-state index contributed by atoms with van der Waals surface area (Å²) in [4.78, 5) is 19.9. The number of anilines is 1. The summed E-state index contributed by atoms with van der Waals surface area (Å²) in [6, 6.07) is 8.78. The lowest BCUT2D eigenvalue weighted by atomic mass is 10.2. The van der Waals surface area contributed by atoms with E-state index in [1.807, 2.05) is 0 Å². The molecule has 0 radical (unpaired) electrons. The Morgan fingerprint density at radius 2 is 1.93 bits per heavy atom. The van der Waals surface area contributed by atoms with E-state index in [1.165, 1.54) is 5.38 Å². The van der Waals surface area contributed by atoms with Crippen LogP contribution in [0.5, 0.6) is 5.75 Å². The van der Waals surface area contributed by atoms with E-state index >= 15 is 0 Å². The Morgan fingerprint density at radius 3 is 2.61 bits per heavy atom. The molecule has 2 heterocycles. The Morgan fingerprint density at radius 1 is 1.18 bits per heavy atom. The Bertz CT molecular complexity index is 958. The van der Waals surface area contributed by atoms with Crippen LogP contribution in [0.2, 0.25) is 0 Å². The topological polar surface area (TPSA) is 73.3 Å². The standard InChI is InChI=1S/C18H14F3N3O3S/c1-26-13-4-2-11(3-5-13)9-27-17(25)24-16-23-15(10-28-16)14-8-12(6-7-22-14)18(19,20)21/h2-8,10H,9H2,1H3,(H,23,24,25). The van der Waals surface area contributed by atoms with Crippen molar-refractivity contribution in [1.29, 1.82) is 0 Å². The predicted molar refractivity (Wildman–Crippen MR) is 97.1 cm³/mol. The van der Waals surface area contributed by atoms with Crippen LogP contribution < -0.4 is 10.1 Å². The number of alkyl halides is 3. The second-order valence-electron chi connectivity index (χ2n) is 5.51. The molecule has 3 rings (SSSR count). The molecule has 0 aliphatic carbocycles. The van der Waals surface area contributed by atoms with Gasteiger partial charge in [0.05, 0.1) is 18.4 Å². The molecule has 1 N–H and O–H groups in total. The van der Waals surface area contributed by atoms with Crippen LogP contribution >= 0.6 is 11.3 Å². The molecule has 0 unspecified atom stereocenters. The molecule has 2 aromatic heterocycles. The number of hydrogen-bond acceptors (Lipinski definition) is 6. The minimum atomic E-state index is -4.47. The van der Waals surface area contributed by atoms with Gasteiger partial charge in [-0.15, -0.1) is 11.3 Å². The number of carbonyl (C=O) groups excluding carboxylic acids is 1. The molecule has 3 aromatic rings. The number of carbonyl (C=O) groups is 1. The first-order chi connectivity index (χ1) is 13.3. The summed E-state index contributed by atoms with van der Waals surface area (Å²) < 4.78 is 48.5. The van der Waals surface area contributed by atoms with E-state index in [2.05, 4.69) is 15.3 Å². The maximum Gasteiger partial charge on any atom is 0.416 e. The molecule has 1 amide bonds. The molecule has 0 aliphatic rings. The van der Waals surface area contributed by atoms with Gasteiger partial charge in [0.1, 0.15) is 18.1 Å². The van der Waals surface area contributed by atoms with Crippen molar-refractivity contribution in [1.82, 2.24) is 9.97 Å². The number of halogens is 3. The highest BCUT2D eigenvalue weighted by molar-refractivity contribution is 7.14. The van der Waals surface area contributed by atoms with Gasteiger partial charge in [0, 0.05) is 11.6 Å². The lowest BCUT2D eigenvalue weighted by Gasteiger charge is -2.07. The predicted octanol–water partition coefficient (Wildman–Crippen LogP) is 4.98. The molecule has 0 bridgehead atoms. The molecule has 0 saturated heterocycles. The summed E-state index contributed by atoms with van der Waals surface area (Å²) in [5.74, 6) is 0.687. The van der Waals surface area contributed by atoms with Gasteiger partial charge in [0.15, 0.2) is 5.13 Å². The van der Waals surface area contributed by atoms with Gasteiger partial charge in [0.25, 0.3) is 0 Å². The van der Waals surface area contributed by atoms with Crippen molar-refractivity contribution >= 4 is 22.6 Å². The van der Waals surface area contributed by atoms with Crippen LogP contribution in [0, 0.1) is 0 Å². The average molecular weight is 409 g/mol. The number of aromatic nitrogens is 2. The van der Waals surface area contributed by atoms with Gasteiger partial charge in [-0.05, 0) is 29.8 Å². The SMILES string of the molecule is COc1ccc(COC(=O)Nc2nc(-c3cc(C(F)(F)F)ccn3)cs2)cc1. The summed E-state index contributed by atoms with van der Waals surface area (Å²) in [5, 5.41) is 4.13. The number of ether oxygens (including phenoxy) is 2. The van der Waals surface area contributed by atoms with E-state index in [9.17, 15) is 18.0 Å². The van der Waals surface area contributed by atoms with E-state index in [0.717, 1.165) is 35.2 Å². The first-order valence-electron chi connectivity index (χ1n) is 7.91. The fourth-order valence-corrected chi connectivity index (χ4v) is 2.88. The van der Waals surface area contributed by atoms with Gasteiger partial charge >= 0.3 is 12.3 Å². The largest absolute Gasteiger partial charge is 0.497 e. The summed E-state index contributed by atoms with van der Waals surface area (Å²) >= 11 is 1.05. The molecule has 1 aromatic carbocycles. The second kappa shape index (κ2) is 8.26. The first-order valence-corrected chi connectivity index (χ1v) is 8.79. The smallest absolute Gasteiger partial charge is 0.416 e. The number of hydrogen-bond donors (Lipinski definition) is 1. The van der Waals surface area contributed by atoms with Crippen molar-refractivity contribution in [3.05, 3.63) is 59.1 Å². The van der Waals surface area contributed by atoms with Crippen molar-refractivity contribution < 1.29 is 27.4 Å². The van der Waals surface area contributed by atoms with Crippen molar-refractivity contribution in [2.24, 2.45) is 0 Å². The Labute approximate surface area is 162 Å². The fraction of sp³-hybridized carbons (Fsp3) is 0.167. The number of nitrogens with zero attached hydrogens (tertiary/aromatic N) is 2. The molecular weight excluding hydrogens is 395 g/mol. The first kappa shape index (κ1) is 19.6. The van der Waals surface area contributed by atoms with Gasteiger partial charge in [-0.3, -0.25) is 10.3 Å². The van der Waals surface area contributed by atoms with E-state index in [1.54, 1.807) is 31.4 Å². The van der Waals surface area contributed by atoms with Gasteiger partial charge < -0.3 is 9.47 Å². The number of amides is 1. The van der Waals surface area contributed by atoms with Gasteiger partial charge in [-0.25, -0.2) is 9.78 Å². The average Bonchev–Trinajstić information content (AvgIpc) is 3.14. The van der Waals surface area contributed by atoms with E-state index in [-0.39, 0.29) is 23.1 Å². The van der Waals surface area contributed by atoms with Crippen molar-refractivity contribution in [3.8, 4) is 17.1 Å². The van der Waals surface area contributed by atoms with Crippen LogP contribution in [-0.4, -0.2) is 23.2 Å². The summed E-state index contributed by atoms with van der Waals surface area (Å²) in [6.45, 7) is 0.0449. The number of thiazole rings is 1. The van der Waals surface area contributed by atoms with Gasteiger partial charge in [0.2, 0.25) is 0 Å². The highest BCUT2D eigenvalue weighted by Crippen LogP contribution is 2.32. The van der Waals surface area contributed by atoms with E-state index < -0.39 is 17.8 Å². The zero-order valence-corrected chi connectivity index (χ0v) is 15.3. The number of benzene rings is 1. The lowest BCUT2D eigenvalue weighted by molar-refractivity contribution is -0.137. The maximum absolute atomic E-state index is 12.8. The third-order valence-electron chi connectivity index (χ3n) is 3.59. The lowest BCUT2D eigenvalue weighted by Crippen LogP contribution is -2.13. The van der Waals surface area contributed by atoms with Gasteiger partial charge in [-0.2, -0.15) is 13.2 Å².